The fourth-order valence-corrected chi connectivity index (χ4v) is 2.56. The lowest BCUT2D eigenvalue weighted by molar-refractivity contribution is 0.0975. The molecule has 0 radical (unpaired) electrons. The second kappa shape index (κ2) is 8.49. The second-order valence-corrected chi connectivity index (χ2v) is 7.02. The summed E-state index contributed by atoms with van der Waals surface area (Å²) >= 11 is 0. The fraction of sp³-hybridized carbons (Fsp3) is 0.217. The maximum absolute atomic E-state index is 12.7. The van der Waals surface area contributed by atoms with Crippen molar-refractivity contribution >= 4 is 22.9 Å². The number of allylic oxidation sites excluding steroid dienone is 3. The molecule has 0 atom stereocenters. The molecule has 2 rings (SSSR count). The van der Waals surface area contributed by atoms with Crippen molar-refractivity contribution in [2.45, 2.75) is 33.3 Å². The molecule has 1 N–H and O–H groups in total. The number of amides is 1. The first kappa shape index (κ1) is 20.2. The van der Waals surface area contributed by atoms with Crippen molar-refractivity contribution < 1.29 is 9.53 Å². The van der Waals surface area contributed by atoms with E-state index in [2.05, 4.69) is 23.5 Å². The number of hydrogen-bond acceptors (Lipinski definition) is 3. The van der Waals surface area contributed by atoms with E-state index in [0.717, 1.165) is 16.7 Å². The number of pyridine rings is 1. The van der Waals surface area contributed by atoms with Gasteiger partial charge in [-0.25, -0.2) is 0 Å². The lowest BCUT2D eigenvalue weighted by Gasteiger charge is -2.23. The minimum absolute atomic E-state index is 0.274. The van der Waals surface area contributed by atoms with Gasteiger partial charge >= 0.3 is 0 Å². The Balaban J connectivity index is 2.18. The van der Waals surface area contributed by atoms with E-state index in [1.165, 1.54) is 0 Å². The maximum Gasteiger partial charge on any atom is 0.274 e. The van der Waals surface area contributed by atoms with Crippen molar-refractivity contribution in [1.29, 1.82) is 0 Å². The Morgan fingerprint density at radius 1 is 1.19 bits per heavy atom. The molecular formula is C23H26N2O2. The van der Waals surface area contributed by atoms with Gasteiger partial charge in [0.15, 0.2) is 0 Å². The van der Waals surface area contributed by atoms with Gasteiger partial charge in [0.1, 0.15) is 17.1 Å². The smallest absolute Gasteiger partial charge is 0.274 e. The van der Waals surface area contributed by atoms with Crippen LogP contribution in [0.2, 0.25) is 0 Å². The minimum atomic E-state index is -0.311. The average molecular weight is 362 g/mol. The zero-order valence-electron chi connectivity index (χ0n) is 16.4. The Labute approximate surface area is 161 Å². The highest BCUT2D eigenvalue weighted by Crippen LogP contribution is 2.23. The van der Waals surface area contributed by atoms with E-state index in [9.17, 15) is 4.79 Å². The first-order chi connectivity index (χ1) is 12.7. The number of benzene rings is 1. The molecule has 1 aromatic heterocycles. The van der Waals surface area contributed by atoms with Crippen molar-refractivity contribution in [3.8, 4) is 0 Å². The molecule has 140 valence electrons. The fourth-order valence-electron chi connectivity index (χ4n) is 2.56. The molecular weight excluding hydrogens is 336 g/mol. The third kappa shape index (κ3) is 5.42. The molecule has 0 aliphatic rings. The van der Waals surface area contributed by atoms with Crippen LogP contribution in [0.15, 0.2) is 67.9 Å². The molecule has 1 aromatic carbocycles. The molecule has 27 heavy (non-hydrogen) atoms. The van der Waals surface area contributed by atoms with Crippen LogP contribution in [0.3, 0.4) is 0 Å². The monoisotopic (exact) mass is 362 g/mol. The molecule has 0 aliphatic carbocycles. The number of anilines is 1. The van der Waals surface area contributed by atoms with Gasteiger partial charge in [-0.3, -0.25) is 9.78 Å². The summed E-state index contributed by atoms with van der Waals surface area (Å²) < 4.78 is 5.77. The summed E-state index contributed by atoms with van der Waals surface area (Å²) in [6.45, 7) is 15.6. The molecule has 0 aliphatic heterocycles. The Bertz CT molecular complexity index is 872. The van der Waals surface area contributed by atoms with E-state index >= 15 is 0 Å². The molecule has 0 spiro atoms. The van der Waals surface area contributed by atoms with Crippen LogP contribution in [0.1, 0.15) is 49.3 Å². The van der Waals surface area contributed by atoms with Gasteiger partial charge in [0.2, 0.25) is 0 Å². The van der Waals surface area contributed by atoms with Gasteiger partial charge in [0.05, 0.1) is 0 Å². The quantitative estimate of drug-likeness (QED) is 0.529. The van der Waals surface area contributed by atoms with Gasteiger partial charge in [-0.2, -0.15) is 0 Å². The third-order valence-corrected chi connectivity index (χ3v) is 3.76. The lowest BCUT2D eigenvalue weighted by atomic mass is 10.0. The number of carbonyl (C=O) groups excluding carboxylic acids is 1. The van der Waals surface area contributed by atoms with Crippen molar-refractivity contribution in [3.05, 3.63) is 84.7 Å². The maximum atomic E-state index is 12.7. The second-order valence-electron chi connectivity index (χ2n) is 7.02. The molecule has 0 saturated carbocycles. The molecule has 0 fully saturated rings. The van der Waals surface area contributed by atoms with Gasteiger partial charge in [-0.1, -0.05) is 31.4 Å². The van der Waals surface area contributed by atoms with Crippen LogP contribution in [0.25, 0.3) is 11.3 Å². The third-order valence-electron chi connectivity index (χ3n) is 3.76. The number of carbonyl (C=O) groups is 1. The van der Waals surface area contributed by atoms with Gasteiger partial charge in [0.25, 0.3) is 5.91 Å². The molecule has 0 saturated heterocycles. The zero-order valence-corrected chi connectivity index (χ0v) is 16.4. The normalized spacial score (nSPS) is 11.6. The van der Waals surface area contributed by atoms with Crippen molar-refractivity contribution in [2.75, 3.05) is 5.32 Å². The summed E-state index contributed by atoms with van der Waals surface area (Å²) in [6, 6.07) is 11.0. The van der Waals surface area contributed by atoms with Crippen LogP contribution in [0.5, 0.6) is 0 Å². The number of hydrogen-bond donors (Lipinski definition) is 1. The van der Waals surface area contributed by atoms with Gasteiger partial charge in [-0.05, 0) is 63.6 Å². The van der Waals surface area contributed by atoms with Crippen LogP contribution in [-0.4, -0.2) is 16.5 Å². The first-order valence-corrected chi connectivity index (χ1v) is 8.79. The molecule has 4 heteroatoms. The largest absolute Gasteiger partial charge is 0.488 e. The standard InChI is InChI=1S/C23H26N2O2/c1-7-17(8-2)20-10-9-15-24-21(20)22(26)25-19-13-11-18(12-14-19)16(3)27-23(4,5)6/h7-15H,1,3H2,2,4-6H3,(H,25,26)/b17-8+. The van der Waals surface area contributed by atoms with E-state index < -0.39 is 0 Å². The predicted molar refractivity (Wildman–Crippen MR) is 112 cm³/mol. The number of aromatic nitrogens is 1. The SMILES string of the molecule is C=C/C(=C\C)c1cccnc1C(=O)Nc1ccc(C(=C)OC(C)(C)C)cc1. The van der Waals surface area contributed by atoms with Crippen LogP contribution in [0.4, 0.5) is 5.69 Å². The minimum Gasteiger partial charge on any atom is -0.488 e. The highest BCUT2D eigenvalue weighted by Gasteiger charge is 2.16. The Morgan fingerprint density at radius 3 is 2.41 bits per heavy atom. The highest BCUT2D eigenvalue weighted by molar-refractivity contribution is 6.06. The first-order valence-electron chi connectivity index (χ1n) is 8.79. The Hall–Kier alpha value is -3.14. The highest BCUT2D eigenvalue weighted by atomic mass is 16.5. The number of nitrogens with one attached hydrogen (secondary N) is 1. The Morgan fingerprint density at radius 2 is 1.85 bits per heavy atom. The molecule has 0 bridgehead atoms. The van der Waals surface area contributed by atoms with Crippen LogP contribution in [0, 0.1) is 0 Å². The number of ether oxygens (including phenoxy) is 1. The van der Waals surface area contributed by atoms with Crippen molar-refractivity contribution in [1.82, 2.24) is 4.98 Å². The molecule has 0 unspecified atom stereocenters. The van der Waals surface area contributed by atoms with Crippen LogP contribution >= 0.6 is 0 Å². The molecule has 1 amide bonds. The number of rotatable bonds is 6. The lowest BCUT2D eigenvalue weighted by Crippen LogP contribution is -2.18. The van der Waals surface area contributed by atoms with E-state index in [1.807, 2.05) is 64.1 Å². The van der Waals surface area contributed by atoms with Gasteiger partial charge in [0, 0.05) is 23.0 Å². The molecule has 4 nitrogen and oxygen atoms in total. The summed E-state index contributed by atoms with van der Waals surface area (Å²) in [4.78, 5) is 16.9. The van der Waals surface area contributed by atoms with E-state index in [0.29, 0.717) is 17.1 Å². The predicted octanol–water partition coefficient (Wildman–Crippen LogP) is 5.71. The number of nitrogens with zero attached hydrogens (tertiary/aromatic N) is 1. The summed E-state index contributed by atoms with van der Waals surface area (Å²) in [5.41, 5.74) is 3.19. The van der Waals surface area contributed by atoms with Crippen molar-refractivity contribution in [2.24, 2.45) is 0 Å². The van der Waals surface area contributed by atoms with Crippen molar-refractivity contribution in [3.63, 3.8) is 0 Å². The van der Waals surface area contributed by atoms with E-state index in [-0.39, 0.29) is 11.5 Å². The topological polar surface area (TPSA) is 51.2 Å². The van der Waals surface area contributed by atoms with E-state index in [4.69, 9.17) is 4.74 Å². The summed E-state index contributed by atoms with van der Waals surface area (Å²) in [7, 11) is 0. The summed E-state index contributed by atoms with van der Waals surface area (Å²) in [5.74, 6) is 0.320. The van der Waals surface area contributed by atoms with Gasteiger partial charge in [-0.15, -0.1) is 0 Å². The molecule has 2 aromatic rings. The Kier molecular flexibility index (Phi) is 6.35. The van der Waals surface area contributed by atoms with Crippen LogP contribution in [-0.2, 0) is 4.74 Å². The summed E-state index contributed by atoms with van der Waals surface area (Å²) in [6.07, 6.45) is 5.21. The van der Waals surface area contributed by atoms with Gasteiger partial charge < -0.3 is 10.1 Å². The van der Waals surface area contributed by atoms with E-state index in [1.54, 1.807) is 18.3 Å². The zero-order chi connectivity index (χ0) is 20.0. The summed E-state index contributed by atoms with van der Waals surface area (Å²) in [5, 5.41) is 2.88. The molecule has 1 heterocycles. The van der Waals surface area contributed by atoms with Crippen LogP contribution < -0.4 is 5.32 Å². The average Bonchev–Trinajstić information content (AvgIpc) is 2.62.